The summed E-state index contributed by atoms with van der Waals surface area (Å²) in [6.07, 6.45) is -0.438. The average molecular weight is 351 g/mol. The van der Waals surface area contributed by atoms with Crippen molar-refractivity contribution in [3.63, 3.8) is 0 Å². The topological polar surface area (TPSA) is 102 Å². The molecule has 1 unspecified atom stereocenters. The van der Waals surface area contributed by atoms with Crippen molar-refractivity contribution in [2.75, 3.05) is 0 Å². The van der Waals surface area contributed by atoms with Crippen molar-refractivity contribution in [1.29, 1.82) is 0 Å². The Morgan fingerprint density at radius 3 is 2.40 bits per heavy atom. The molecule has 0 aromatic heterocycles. The second kappa shape index (κ2) is 9.66. The van der Waals surface area contributed by atoms with Gasteiger partial charge in [0.05, 0.1) is 0 Å². The van der Waals surface area contributed by atoms with E-state index in [1.165, 1.54) is 0 Å². The zero-order valence-corrected chi connectivity index (χ0v) is 14.8. The first-order chi connectivity index (χ1) is 11.7. The monoisotopic (exact) mass is 351 g/mol. The van der Waals surface area contributed by atoms with Crippen molar-refractivity contribution in [2.45, 2.75) is 58.3 Å². The maximum absolute atomic E-state index is 11.8. The first-order valence-electron chi connectivity index (χ1n) is 8.15. The van der Waals surface area contributed by atoms with Crippen LogP contribution in [0.5, 0.6) is 0 Å². The fourth-order valence-corrected chi connectivity index (χ4v) is 1.82. The number of ether oxygens (including phenoxy) is 2. The lowest BCUT2D eigenvalue weighted by atomic mass is 10.1. The smallest absolute Gasteiger partial charge is 0.408 e. The van der Waals surface area contributed by atoms with E-state index in [1.54, 1.807) is 13.8 Å². The molecule has 0 aliphatic heterocycles. The number of amides is 1. The molecule has 7 nitrogen and oxygen atoms in total. The molecule has 1 amide bonds. The molecule has 0 fully saturated rings. The minimum atomic E-state index is -1.23. The number of carbonyl (C=O) groups excluding carboxylic acids is 2. The Bertz CT molecular complexity index is 584. The Balaban J connectivity index is 2.43. The third-order valence-corrected chi connectivity index (χ3v) is 3.69. The second-order valence-corrected chi connectivity index (χ2v) is 6.22. The van der Waals surface area contributed by atoms with Crippen LogP contribution in [0.15, 0.2) is 30.3 Å². The van der Waals surface area contributed by atoms with Gasteiger partial charge < -0.3 is 19.9 Å². The maximum atomic E-state index is 11.8. The summed E-state index contributed by atoms with van der Waals surface area (Å²) in [5.41, 5.74) is 0.149. The Morgan fingerprint density at radius 2 is 1.84 bits per heavy atom. The average Bonchev–Trinajstić information content (AvgIpc) is 2.57. The van der Waals surface area contributed by atoms with Gasteiger partial charge in [-0.3, -0.25) is 4.79 Å². The van der Waals surface area contributed by atoms with Crippen LogP contribution in [0.1, 0.15) is 45.6 Å². The first-order valence-corrected chi connectivity index (χ1v) is 8.15. The van der Waals surface area contributed by atoms with Gasteiger partial charge in [-0.15, -0.1) is 0 Å². The van der Waals surface area contributed by atoms with Gasteiger partial charge in [0.1, 0.15) is 18.2 Å². The molecular formula is C18H25NO6. The molecule has 0 heterocycles. The number of carboxylic acid groups (broad SMARTS) is 1. The van der Waals surface area contributed by atoms with Gasteiger partial charge in [0.15, 0.2) is 0 Å². The van der Waals surface area contributed by atoms with Gasteiger partial charge in [-0.25, -0.2) is 9.59 Å². The number of hydrogen-bond acceptors (Lipinski definition) is 5. The van der Waals surface area contributed by atoms with Crippen molar-refractivity contribution >= 4 is 18.0 Å². The molecule has 0 radical (unpaired) electrons. The van der Waals surface area contributed by atoms with Crippen molar-refractivity contribution in [2.24, 2.45) is 0 Å². The number of nitrogens with one attached hydrogen (secondary N) is 1. The molecular weight excluding hydrogens is 326 g/mol. The Kier molecular flexibility index (Phi) is 7.91. The molecule has 1 aromatic rings. The fourth-order valence-electron chi connectivity index (χ4n) is 1.82. The molecule has 0 saturated carbocycles. The number of benzene rings is 1. The number of alkyl carbamates (subject to hydrolysis) is 1. The predicted octanol–water partition coefficient (Wildman–Crippen LogP) is 2.88. The number of aliphatic carboxylic acids is 1. The standard InChI is InChI=1S/C18H25NO6/c1-4-18(2,3)25-17(23)19-14(16(21)22)10-11-15(20)24-12-13-8-6-5-7-9-13/h5-9,14H,4,10-12H2,1-3H3,(H,19,23)(H,21,22). The molecule has 0 spiro atoms. The van der Waals surface area contributed by atoms with Crippen LogP contribution in [-0.2, 0) is 25.7 Å². The quantitative estimate of drug-likeness (QED) is 0.663. The first kappa shape index (κ1) is 20.5. The maximum Gasteiger partial charge on any atom is 0.408 e. The van der Waals surface area contributed by atoms with Gasteiger partial charge in [0.2, 0.25) is 0 Å². The zero-order chi connectivity index (χ0) is 18.9. The van der Waals surface area contributed by atoms with E-state index < -0.39 is 29.7 Å². The Labute approximate surface area is 147 Å². The number of hydrogen-bond donors (Lipinski definition) is 2. The number of rotatable bonds is 9. The highest BCUT2D eigenvalue weighted by molar-refractivity contribution is 5.80. The van der Waals surface area contributed by atoms with Gasteiger partial charge >= 0.3 is 18.0 Å². The Hall–Kier alpha value is -2.57. The largest absolute Gasteiger partial charge is 0.480 e. The summed E-state index contributed by atoms with van der Waals surface area (Å²) in [5, 5.41) is 11.4. The van der Waals surface area contributed by atoms with Crippen LogP contribution in [0.25, 0.3) is 0 Å². The predicted molar refractivity (Wildman–Crippen MR) is 90.9 cm³/mol. The summed E-state index contributed by atoms with van der Waals surface area (Å²) in [6.45, 7) is 5.43. The molecule has 138 valence electrons. The molecule has 1 atom stereocenters. The van der Waals surface area contributed by atoms with Gasteiger partial charge in [0, 0.05) is 6.42 Å². The van der Waals surface area contributed by atoms with Crippen LogP contribution in [0.2, 0.25) is 0 Å². The van der Waals surface area contributed by atoms with Crippen LogP contribution in [0.4, 0.5) is 4.79 Å². The SMILES string of the molecule is CCC(C)(C)OC(=O)NC(CCC(=O)OCc1ccccc1)C(=O)O. The fraction of sp³-hybridized carbons (Fsp3) is 0.500. The zero-order valence-electron chi connectivity index (χ0n) is 14.8. The lowest BCUT2D eigenvalue weighted by Gasteiger charge is -2.24. The number of esters is 1. The van der Waals surface area contributed by atoms with Crippen LogP contribution >= 0.6 is 0 Å². The van der Waals surface area contributed by atoms with Gasteiger partial charge in [-0.2, -0.15) is 0 Å². The molecule has 0 aliphatic rings. The molecule has 1 rings (SSSR count). The summed E-state index contributed by atoms with van der Waals surface area (Å²) in [6, 6.07) is 7.94. The number of carboxylic acids is 1. The van der Waals surface area contributed by atoms with E-state index >= 15 is 0 Å². The molecule has 0 saturated heterocycles. The summed E-state index contributed by atoms with van der Waals surface area (Å²) < 4.78 is 10.2. The van der Waals surface area contributed by atoms with E-state index in [2.05, 4.69) is 5.32 Å². The van der Waals surface area contributed by atoms with E-state index in [0.29, 0.717) is 6.42 Å². The highest BCUT2D eigenvalue weighted by atomic mass is 16.6. The Morgan fingerprint density at radius 1 is 1.20 bits per heavy atom. The highest BCUT2D eigenvalue weighted by Gasteiger charge is 2.26. The molecule has 0 bridgehead atoms. The van der Waals surface area contributed by atoms with E-state index in [9.17, 15) is 19.5 Å². The minimum Gasteiger partial charge on any atom is -0.480 e. The third-order valence-electron chi connectivity index (χ3n) is 3.69. The number of carbonyl (C=O) groups is 3. The molecule has 0 aliphatic carbocycles. The van der Waals surface area contributed by atoms with E-state index in [0.717, 1.165) is 5.56 Å². The molecule has 1 aromatic carbocycles. The van der Waals surface area contributed by atoms with E-state index in [4.69, 9.17) is 9.47 Å². The van der Waals surface area contributed by atoms with Gasteiger partial charge in [-0.05, 0) is 32.3 Å². The van der Waals surface area contributed by atoms with Crippen molar-refractivity contribution in [3.05, 3.63) is 35.9 Å². The lowest BCUT2D eigenvalue weighted by molar-refractivity contribution is -0.145. The molecule has 7 heteroatoms. The second-order valence-electron chi connectivity index (χ2n) is 6.22. The highest BCUT2D eigenvalue weighted by Crippen LogP contribution is 2.14. The molecule has 2 N–H and O–H groups in total. The van der Waals surface area contributed by atoms with Crippen molar-refractivity contribution in [1.82, 2.24) is 5.32 Å². The van der Waals surface area contributed by atoms with Crippen molar-refractivity contribution in [3.8, 4) is 0 Å². The summed E-state index contributed by atoms with van der Waals surface area (Å²) in [5.74, 6) is -1.76. The van der Waals surface area contributed by atoms with E-state index in [1.807, 2.05) is 37.3 Å². The normalized spacial score (nSPS) is 12.1. The van der Waals surface area contributed by atoms with Gasteiger partial charge in [-0.1, -0.05) is 37.3 Å². The summed E-state index contributed by atoms with van der Waals surface area (Å²) in [7, 11) is 0. The summed E-state index contributed by atoms with van der Waals surface area (Å²) >= 11 is 0. The van der Waals surface area contributed by atoms with Crippen LogP contribution in [0.3, 0.4) is 0 Å². The van der Waals surface area contributed by atoms with Crippen LogP contribution in [0, 0.1) is 0 Å². The van der Waals surface area contributed by atoms with Crippen molar-refractivity contribution < 1.29 is 29.0 Å². The van der Waals surface area contributed by atoms with Gasteiger partial charge in [0.25, 0.3) is 0 Å². The lowest BCUT2D eigenvalue weighted by Crippen LogP contribution is -2.44. The van der Waals surface area contributed by atoms with E-state index in [-0.39, 0.29) is 19.4 Å². The minimum absolute atomic E-state index is 0.0788. The van der Waals surface area contributed by atoms with Crippen LogP contribution in [-0.4, -0.2) is 34.8 Å². The van der Waals surface area contributed by atoms with Crippen LogP contribution < -0.4 is 5.32 Å². The summed E-state index contributed by atoms with van der Waals surface area (Å²) in [4.78, 5) is 34.8. The molecule has 25 heavy (non-hydrogen) atoms. The third kappa shape index (κ3) is 8.19.